The average molecular weight is 213 g/mol. The SMILES string of the molecule is CCN(CC)C(=O)N1CCNCC1(C)C. The third kappa shape index (κ3) is 2.62. The number of nitrogens with zero attached hydrogens (tertiary/aromatic N) is 2. The maximum Gasteiger partial charge on any atom is 0.320 e. The van der Waals surface area contributed by atoms with Crippen molar-refractivity contribution in [2.45, 2.75) is 33.2 Å². The predicted octanol–water partition coefficient (Wildman–Crippen LogP) is 1.13. The van der Waals surface area contributed by atoms with Crippen LogP contribution in [0, 0.1) is 0 Å². The summed E-state index contributed by atoms with van der Waals surface area (Å²) >= 11 is 0. The third-order valence-electron chi connectivity index (χ3n) is 3.07. The summed E-state index contributed by atoms with van der Waals surface area (Å²) in [7, 11) is 0. The molecule has 1 rings (SSSR count). The van der Waals surface area contributed by atoms with Gasteiger partial charge in [0.25, 0.3) is 0 Å². The Morgan fingerprint density at radius 1 is 1.40 bits per heavy atom. The second-order valence-electron chi connectivity index (χ2n) is 4.60. The zero-order valence-electron chi connectivity index (χ0n) is 10.3. The minimum Gasteiger partial charge on any atom is -0.325 e. The highest BCUT2D eigenvalue weighted by Gasteiger charge is 2.34. The maximum atomic E-state index is 12.2. The van der Waals surface area contributed by atoms with Crippen LogP contribution in [-0.2, 0) is 0 Å². The van der Waals surface area contributed by atoms with Gasteiger partial charge < -0.3 is 15.1 Å². The first-order chi connectivity index (χ1) is 7.03. The fourth-order valence-corrected chi connectivity index (χ4v) is 2.00. The quantitative estimate of drug-likeness (QED) is 0.746. The van der Waals surface area contributed by atoms with E-state index < -0.39 is 0 Å². The first-order valence-electron chi connectivity index (χ1n) is 5.80. The largest absolute Gasteiger partial charge is 0.325 e. The Labute approximate surface area is 92.6 Å². The molecule has 1 heterocycles. The molecule has 0 aromatic carbocycles. The molecule has 2 amide bonds. The van der Waals surface area contributed by atoms with Gasteiger partial charge in [-0.2, -0.15) is 0 Å². The summed E-state index contributed by atoms with van der Waals surface area (Å²) in [4.78, 5) is 16.1. The number of carbonyl (C=O) groups excluding carboxylic acids is 1. The van der Waals surface area contributed by atoms with E-state index in [1.807, 2.05) is 23.6 Å². The van der Waals surface area contributed by atoms with Crippen LogP contribution < -0.4 is 5.32 Å². The predicted molar refractivity (Wildman–Crippen MR) is 62.0 cm³/mol. The van der Waals surface area contributed by atoms with Crippen LogP contribution in [0.2, 0.25) is 0 Å². The molecule has 15 heavy (non-hydrogen) atoms. The van der Waals surface area contributed by atoms with Gasteiger partial charge in [0, 0.05) is 32.7 Å². The lowest BCUT2D eigenvalue weighted by Gasteiger charge is -2.44. The Morgan fingerprint density at radius 2 is 2.00 bits per heavy atom. The van der Waals surface area contributed by atoms with E-state index in [0.717, 1.165) is 32.7 Å². The van der Waals surface area contributed by atoms with E-state index in [-0.39, 0.29) is 11.6 Å². The van der Waals surface area contributed by atoms with Crippen LogP contribution in [0.1, 0.15) is 27.7 Å². The van der Waals surface area contributed by atoms with E-state index in [2.05, 4.69) is 19.2 Å². The molecule has 0 unspecified atom stereocenters. The highest BCUT2D eigenvalue weighted by molar-refractivity contribution is 5.75. The number of piperazine rings is 1. The van der Waals surface area contributed by atoms with E-state index in [0.29, 0.717) is 0 Å². The summed E-state index contributed by atoms with van der Waals surface area (Å²) in [5.41, 5.74) is -0.0715. The van der Waals surface area contributed by atoms with Crippen LogP contribution in [0.25, 0.3) is 0 Å². The first-order valence-corrected chi connectivity index (χ1v) is 5.80. The van der Waals surface area contributed by atoms with Crippen molar-refractivity contribution in [2.75, 3.05) is 32.7 Å². The molecule has 1 fully saturated rings. The van der Waals surface area contributed by atoms with Crippen molar-refractivity contribution >= 4 is 6.03 Å². The number of hydrogen-bond donors (Lipinski definition) is 1. The molecule has 4 nitrogen and oxygen atoms in total. The number of urea groups is 1. The van der Waals surface area contributed by atoms with Gasteiger partial charge in [0.1, 0.15) is 0 Å². The fraction of sp³-hybridized carbons (Fsp3) is 0.909. The second-order valence-corrected chi connectivity index (χ2v) is 4.60. The summed E-state index contributed by atoms with van der Waals surface area (Å²) in [6.07, 6.45) is 0. The number of amides is 2. The van der Waals surface area contributed by atoms with Crippen molar-refractivity contribution in [3.63, 3.8) is 0 Å². The molecule has 0 aromatic heterocycles. The summed E-state index contributed by atoms with van der Waals surface area (Å²) in [5, 5.41) is 3.32. The van der Waals surface area contributed by atoms with Crippen molar-refractivity contribution in [1.29, 1.82) is 0 Å². The minimum atomic E-state index is -0.0715. The van der Waals surface area contributed by atoms with Gasteiger partial charge in [0.2, 0.25) is 0 Å². The zero-order valence-corrected chi connectivity index (χ0v) is 10.3. The van der Waals surface area contributed by atoms with Crippen molar-refractivity contribution in [2.24, 2.45) is 0 Å². The lowest BCUT2D eigenvalue weighted by molar-refractivity contribution is 0.0872. The van der Waals surface area contributed by atoms with Crippen molar-refractivity contribution in [1.82, 2.24) is 15.1 Å². The van der Waals surface area contributed by atoms with Crippen LogP contribution in [-0.4, -0.2) is 54.1 Å². The normalized spacial score (nSPS) is 20.1. The lowest BCUT2D eigenvalue weighted by Crippen LogP contribution is -2.62. The number of rotatable bonds is 2. The molecular weight excluding hydrogens is 190 g/mol. The highest BCUT2D eigenvalue weighted by Crippen LogP contribution is 2.18. The summed E-state index contributed by atoms with van der Waals surface area (Å²) < 4.78 is 0. The van der Waals surface area contributed by atoms with Crippen LogP contribution in [0.3, 0.4) is 0 Å². The topological polar surface area (TPSA) is 35.6 Å². The van der Waals surface area contributed by atoms with E-state index in [1.54, 1.807) is 0 Å². The molecule has 0 saturated carbocycles. The maximum absolute atomic E-state index is 12.2. The third-order valence-corrected chi connectivity index (χ3v) is 3.07. The van der Waals surface area contributed by atoms with Gasteiger partial charge in [0.15, 0.2) is 0 Å². The first kappa shape index (κ1) is 12.3. The molecule has 0 radical (unpaired) electrons. The molecule has 1 aliphatic heterocycles. The Hall–Kier alpha value is -0.770. The summed E-state index contributed by atoms with van der Waals surface area (Å²) in [6, 6.07) is 0.173. The van der Waals surface area contributed by atoms with Crippen LogP contribution in [0.4, 0.5) is 4.79 Å². The van der Waals surface area contributed by atoms with Gasteiger partial charge in [-0.3, -0.25) is 0 Å². The highest BCUT2D eigenvalue weighted by atomic mass is 16.2. The second kappa shape index (κ2) is 4.84. The van der Waals surface area contributed by atoms with E-state index in [1.165, 1.54) is 0 Å². The average Bonchev–Trinajstić information content (AvgIpc) is 2.18. The number of nitrogens with one attached hydrogen (secondary N) is 1. The smallest absolute Gasteiger partial charge is 0.320 e. The van der Waals surface area contributed by atoms with E-state index >= 15 is 0 Å². The Balaban J connectivity index is 2.72. The molecule has 1 saturated heterocycles. The van der Waals surface area contributed by atoms with Gasteiger partial charge in [0.05, 0.1) is 5.54 Å². The monoisotopic (exact) mass is 213 g/mol. The molecule has 0 aromatic rings. The van der Waals surface area contributed by atoms with Gasteiger partial charge >= 0.3 is 6.03 Å². The zero-order chi connectivity index (χ0) is 11.5. The summed E-state index contributed by atoms with van der Waals surface area (Å²) in [5.74, 6) is 0. The van der Waals surface area contributed by atoms with E-state index in [9.17, 15) is 4.79 Å². The standard InChI is InChI=1S/C11H23N3O/c1-5-13(6-2)10(15)14-8-7-12-9-11(14,3)4/h12H,5-9H2,1-4H3. The van der Waals surface area contributed by atoms with Crippen LogP contribution in [0.5, 0.6) is 0 Å². The Morgan fingerprint density at radius 3 is 2.47 bits per heavy atom. The van der Waals surface area contributed by atoms with Crippen molar-refractivity contribution < 1.29 is 4.79 Å². The molecule has 1 N–H and O–H groups in total. The number of hydrogen-bond acceptors (Lipinski definition) is 2. The van der Waals surface area contributed by atoms with Gasteiger partial charge in [-0.25, -0.2) is 4.79 Å². The van der Waals surface area contributed by atoms with Crippen molar-refractivity contribution in [3.05, 3.63) is 0 Å². The van der Waals surface area contributed by atoms with Gasteiger partial charge in [-0.05, 0) is 27.7 Å². The van der Waals surface area contributed by atoms with E-state index in [4.69, 9.17) is 0 Å². The minimum absolute atomic E-state index is 0.0715. The summed E-state index contributed by atoms with van der Waals surface area (Å²) in [6.45, 7) is 12.4. The number of carbonyl (C=O) groups is 1. The molecule has 0 aliphatic carbocycles. The van der Waals surface area contributed by atoms with Gasteiger partial charge in [-0.15, -0.1) is 0 Å². The molecule has 1 aliphatic rings. The Bertz CT molecular complexity index is 224. The van der Waals surface area contributed by atoms with Gasteiger partial charge in [-0.1, -0.05) is 0 Å². The lowest BCUT2D eigenvalue weighted by atomic mass is 10.0. The molecule has 0 bridgehead atoms. The Kier molecular flexibility index (Phi) is 3.97. The van der Waals surface area contributed by atoms with Crippen LogP contribution in [0.15, 0.2) is 0 Å². The van der Waals surface area contributed by atoms with Crippen molar-refractivity contribution in [3.8, 4) is 0 Å². The fourth-order valence-electron chi connectivity index (χ4n) is 2.00. The molecule has 88 valence electrons. The molecular formula is C11H23N3O. The van der Waals surface area contributed by atoms with Crippen LogP contribution >= 0.6 is 0 Å². The molecule has 0 spiro atoms. The molecule has 4 heteroatoms. The molecule has 0 atom stereocenters.